The van der Waals surface area contributed by atoms with Crippen molar-refractivity contribution >= 4 is 28.0 Å². The maximum Gasteiger partial charge on any atom is 0.408 e. The topological polar surface area (TPSA) is 79.7 Å². The van der Waals surface area contributed by atoms with E-state index in [2.05, 4.69) is 20.9 Å². The van der Waals surface area contributed by atoms with E-state index in [1.807, 2.05) is 0 Å². The normalized spacial score (nSPS) is 12.0. The quantitative estimate of drug-likeness (QED) is 0.592. The fourth-order valence-corrected chi connectivity index (χ4v) is 2.49. The Morgan fingerprint density at radius 3 is 2.42 bits per heavy atom. The first-order valence-electron chi connectivity index (χ1n) is 7.34. The number of nitrogens with zero attached hydrogens (tertiary/aromatic N) is 2. The van der Waals surface area contributed by atoms with Crippen molar-refractivity contribution in [2.75, 3.05) is 0 Å². The van der Waals surface area contributed by atoms with E-state index in [0.29, 0.717) is 4.60 Å². The van der Waals surface area contributed by atoms with E-state index in [1.165, 1.54) is 6.07 Å². The van der Waals surface area contributed by atoms with Crippen molar-refractivity contribution in [1.29, 1.82) is 0 Å². The zero-order chi connectivity index (χ0) is 18.7. The van der Waals surface area contributed by atoms with Gasteiger partial charge in [0.2, 0.25) is 0 Å². The summed E-state index contributed by atoms with van der Waals surface area (Å²) in [6, 6.07) is 1.41. The highest BCUT2D eigenvalue weighted by Gasteiger charge is 2.35. The lowest BCUT2D eigenvalue weighted by Crippen LogP contribution is -2.48. The molecule has 0 bridgehead atoms. The number of hydrogen-bond donors (Lipinski definition) is 1. The summed E-state index contributed by atoms with van der Waals surface area (Å²) in [5, 5.41) is 9.50. The van der Waals surface area contributed by atoms with Crippen LogP contribution < -0.4 is 0 Å². The number of aromatic nitrogens is 1. The molecule has 1 heterocycles. The molecular weight excluding hydrogens is 383 g/mol. The van der Waals surface area contributed by atoms with Gasteiger partial charge in [-0.25, -0.2) is 14.2 Å². The summed E-state index contributed by atoms with van der Waals surface area (Å²) in [5.74, 6) is -1.13. The third-order valence-electron chi connectivity index (χ3n) is 3.19. The summed E-state index contributed by atoms with van der Waals surface area (Å²) >= 11 is 3.13. The molecule has 0 saturated carbocycles. The lowest BCUT2D eigenvalue weighted by molar-refractivity contribution is -0.157. The third-order valence-corrected chi connectivity index (χ3v) is 3.62. The summed E-state index contributed by atoms with van der Waals surface area (Å²) in [6.45, 7) is 8.18. The highest BCUT2D eigenvalue weighted by molar-refractivity contribution is 9.10. The summed E-state index contributed by atoms with van der Waals surface area (Å²) < 4.78 is 19.5. The molecule has 0 radical (unpaired) electrons. The predicted molar refractivity (Wildman–Crippen MR) is 90.0 cm³/mol. The second kappa shape index (κ2) is 7.46. The lowest BCUT2D eigenvalue weighted by Gasteiger charge is -2.36. The van der Waals surface area contributed by atoms with Crippen LogP contribution in [0.3, 0.4) is 0 Å². The number of carboxylic acid groups (broad SMARTS) is 1. The van der Waals surface area contributed by atoms with Crippen LogP contribution in [0.1, 0.15) is 46.6 Å². The van der Waals surface area contributed by atoms with E-state index in [9.17, 15) is 19.1 Å². The second-order valence-corrected chi connectivity index (χ2v) is 7.86. The Labute approximate surface area is 149 Å². The summed E-state index contributed by atoms with van der Waals surface area (Å²) in [5.41, 5.74) is -1.57. The average molecular weight is 405 g/mol. The molecule has 8 heteroatoms. The zero-order valence-corrected chi connectivity index (χ0v) is 16.0. The minimum Gasteiger partial charge on any atom is -0.465 e. The Morgan fingerprint density at radius 2 is 1.92 bits per heavy atom. The fraction of sp³-hybridized carbons (Fsp3) is 0.562. The molecule has 0 spiro atoms. The molecule has 1 rings (SSSR count). The largest absolute Gasteiger partial charge is 0.465 e. The molecule has 134 valence electrons. The number of hydrogen-bond acceptors (Lipinski definition) is 4. The molecule has 0 atom stereocenters. The van der Waals surface area contributed by atoms with Crippen LogP contribution in [0, 0.1) is 5.82 Å². The van der Waals surface area contributed by atoms with E-state index < -0.39 is 29.0 Å². The Morgan fingerprint density at radius 1 is 1.33 bits per heavy atom. The van der Waals surface area contributed by atoms with Crippen LogP contribution in [0.25, 0.3) is 0 Å². The average Bonchev–Trinajstić information content (AvgIpc) is 2.35. The van der Waals surface area contributed by atoms with Gasteiger partial charge in [-0.05, 0) is 56.6 Å². The Hall–Kier alpha value is -1.70. The van der Waals surface area contributed by atoms with Crippen molar-refractivity contribution in [1.82, 2.24) is 9.88 Å². The molecule has 0 unspecified atom stereocenters. The van der Waals surface area contributed by atoms with Gasteiger partial charge < -0.3 is 9.84 Å². The van der Waals surface area contributed by atoms with Crippen molar-refractivity contribution < 1.29 is 23.8 Å². The van der Waals surface area contributed by atoms with Gasteiger partial charge >= 0.3 is 12.1 Å². The van der Waals surface area contributed by atoms with Gasteiger partial charge in [0, 0.05) is 5.56 Å². The van der Waals surface area contributed by atoms with Crippen LogP contribution in [-0.4, -0.2) is 38.2 Å². The number of rotatable bonds is 5. The van der Waals surface area contributed by atoms with Crippen LogP contribution in [-0.2, 0) is 16.1 Å². The van der Waals surface area contributed by atoms with E-state index in [0.717, 1.165) is 11.1 Å². The number of pyridine rings is 1. The summed E-state index contributed by atoms with van der Waals surface area (Å²) in [4.78, 5) is 28.4. The number of carbonyl (C=O) groups is 2. The first-order valence-corrected chi connectivity index (χ1v) is 8.13. The van der Waals surface area contributed by atoms with Gasteiger partial charge in [-0.2, -0.15) is 0 Å². The molecule has 0 aliphatic heterocycles. The standard InChI is InChI=1S/C16H22BrFN2O4/c1-15(2,3)24-13(21)7-16(4,5)20(14(22)23)9-10-6-12(17)19-8-11(10)18/h6,8H,7,9H2,1-5H3,(H,22,23). The van der Waals surface area contributed by atoms with Gasteiger partial charge in [-0.3, -0.25) is 9.69 Å². The molecule has 1 aromatic rings. The van der Waals surface area contributed by atoms with Crippen LogP contribution in [0.5, 0.6) is 0 Å². The Kier molecular flexibility index (Phi) is 6.32. The monoisotopic (exact) mass is 404 g/mol. The number of ether oxygens (including phenoxy) is 1. The molecule has 6 nitrogen and oxygen atoms in total. The Balaban J connectivity index is 2.99. The minimum absolute atomic E-state index is 0.148. The molecule has 0 fully saturated rings. The van der Waals surface area contributed by atoms with E-state index >= 15 is 0 Å². The first kappa shape index (κ1) is 20.3. The highest BCUT2D eigenvalue weighted by atomic mass is 79.9. The molecule has 0 aromatic carbocycles. The number of amides is 1. The molecule has 1 N–H and O–H groups in total. The maximum atomic E-state index is 13.9. The predicted octanol–water partition coefficient (Wildman–Crippen LogP) is 3.97. The molecule has 1 amide bonds. The molecule has 24 heavy (non-hydrogen) atoms. The van der Waals surface area contributed by atoms with Crippen LogP contribution in [0.2, 0.25) is 0 Å². The van der Waals surface area contributed by atoms with Crippen molar-refractivity contribution in [3.63, 3.8) is 0 Å². The third kappa shape index (κ3) is 6.07. The van der Waals surface area contributed by atoms with E-state index in [-0.39, 0.29) is 18.5 Å². The number of esters is 1. The van der Waals surface area contributed by atoms with Crippen LogP contribution >= 0.6 is 15.9 Å². The first-order chi connectivity index (χ1) is 10.8. The van der Waals surface area contributed by atoms with Crippen molar-refractivity contribution in [3.8, 4) is 0 Å². The zero-order valence-electron chi connectivity index (χ0n) is 14.4. The number of carbonyl (C=O) groups excluding carboxylic acids is 1. The van der Waals surface area contributed by atoms with Crippen molar-refractivity contribution in [2.45, 2.75) is 58.7 Å². The SMILES string of the molecule is CC(C)(C)OC(=O)CC(C)(C)N(Cc1cc(Br)ncc1F)C(=O)O. The van der Waals surface area contributed by atoms with E-state index in [1.54, 1.807) is 34.6 Å². The van der Waals surface area contributed by atoms with Gasteiger partial charge in [-0.1, -0.05) is 0 Å². The molecule has 0 saturated heterocycles. The second-order valence-electron chi connectivity index (χ2n) is 7.04. The van der Waals surface area contributed by atoms with Crippen molar-refractivity contribution in [2.24, 2.45) is 0 Å². The van der Waals surface area contributed by atoms with E-state index in [4.69, 9.17) is 4.74 Å². The smallest absolute Gasteiger partial charge is 0.408 e. The molecule has 1 aromatic heterocycles. The highest BCUT2D eigenvalue weighted by Crippen LogP contribution is 2.25. The maximum absolute atomic E-state index is 13.9. The van der Waals surface area contributed by atoms with Gasteiger partial charge in [0.25, 0.3) is 0 Å². The molecular formula is C16H22BrFN2O4. The van der Waals surface area contributed by atoms with Crippen LogP contribution in [0.4, 0.5) is 9.18 Å². The van der Waals surface area contributed by atoms with Gasteiger partial charge in [0.15, 0.2) is 0 Å². The fourth-order valence-electron chi connectivity index (χ4n) is 2.11. The van der Waals surface area contributed by atoms with Gasteiger partial charge in [0.05, 0.1) is 24.7 Å². The van der Waals surface area contributed by atoms with Crippen LogP contribution in [0.15, 0.2) is 16.9 Å². The number of halogens is 2. The van der Waals surface area contributed by atoms with Gasteiger partial charge in [0.1, 0.15) is 16.0 Å². The lowest BCUT2D eigenvalue weighted by atomic mass is 9.97. The summed E-state index contributed by atoms with van der Waals surface area (Å²) in [6.07, 6.45) is -0.388. The van der Waals surface area contributed by atoms with Crippen molar-refractivity contribution in [3.05, 3.63) is 28.2 Å². The minimum atomic E-state index is -1.25. The Bertz CT molecular complexity index is 629. The molecule has 0 aliphatic carbocycles. The molecule has 0 aliphatic rings. The van der Waals surface area contributed by atoms with Gasteiger partial charge in [-0.15, -0.1) is 0 Å². The summed E-state index contributed by atoms with van der Waals surface area (Å²) in [7, 11) is 0.